The van der Waals surface area contributed by atoms with Crippen molar-refractivity contribution in [1.82, 2.24) is 0 Å². The molecule has 0 saturated heterocycles. The van der Waals surface area contributed by atoms with Crippen molar-refractivity contribution in [3.05, 3.63) is 89.0 Å². The third-order valence-electron chi connectivity index (χ3n) is 5.64. The van der Waals surface area contributed by atoms with Gasteiger partial charge in [-0.05, 0) is 64.4 Å². The van der Waals surface area contributed by atoms with Crippen LogP contribution in [0.3, 0.4) is 0 Å². The Kier molecular flexibility index (Phi) is 3.47. The molecule has 124 valence electrons. The lowest BCUT2D eigenvalue weighted by molar-refractivity contribution is 0.660. The topological polar surface area (TPSA) is 0 Å². The van der Waals surface area contributed by atoms with Crippen LogP contribution in [0.15, 0.2) is 61.2 Å². The zero-order valence-corrected chi connectivity index (χ0v) is 15.5. The molecule has 0 nitrogen and oxygen atoms in total. The van der Waals surface area contributed by atoms with Crippen molar-refractivity contribution >= 4 is 6.08 Å². The van der Waals surface area contributed by atoms with Crippen molar-refractivity contribution < 1.29 is 0 Å². The number of benzene rings is 3. The second kappa shape index (κ2) is 5.46. The molecule has 0 atom stereocenters. The lowest BCUT2D eigenvalue weighted by Gasteiger charge is -2.22. The molecular formula is C25H24. The fourth-order valence-electron chi connectivity index (χ4n) is 4.10. The largest absolute Gasteiger partial charge is 0.0985 e. The summed E-state index contributed by atoms with van der Waals surface area (Å²) in [5.41, 5.74) is 12.0. The van der Waals surface area contributed by atoms with Crippen molar-refractivity contribution in [3.8, 4) is 22.3 Å². The van der Waals surface area contributed by atoms with Crippen LogP contribution >= 0.6 is 0 Å². The standard InChI is InChI=1S/C25H24/c1-6-18-9-11-20-21-12-10-19(22-13-16(2)7-8-17(22)3)15-24(21)25(4,5)23(20)14-18/h6-15H,1H2,2-5H3. The van der Waals surface area contributed by atoms with Crippen LogP contribution in [0.2, 0.25) is 0 Å². The van der Waals surface area contributed by atoms with Crippen molar-refractivity contribution in [3.63, 3.8) is 0 Å². The molecule has 0 spiro atoms. The molecule has 4 rings (SSSR count). The fourth-order valence-corrected chi connectivity index (χ4v) is 4.10. The predicted octanol–water partition coefficient (Wildman–Crippen LogP) is 6.92. The molecule has 0 saturated carbocycles. The van der Waals surface area contributed by atoms with Crippen molar-refractivity contribution in [1.29, 1.82) is 0 Å². The van der Waals surface area contributed by atoms with E-state index in [1.54, 1.807) is 0 Å². The van der Waals surface area contributed by atoms with Crippen LogP contribution in [0, 0.1) is 13.8 Å². The van der Waals surface area contributed by atoms with Crippen LogP contribution in [-0.2, 0) is 5.41 Å². The van der Waals surface area contributed by atoms with Crippen LogP contribution < -0.4 is 0 Å². The molecule has 0 N–H and O–H groups in total. The highest BCUT2D eigenvalue weighted by Crippen LogP contribution is 2.50. The van der Waals surface area contributed by atoms with Crippen LogP contribution in [0.5, 0.6) is 0 Å². The Bertz CT molecular complexity index is 1000. The Morgan fingerprint density at radius 2 is 1.44 bits per heavy atom. The van der Waals surface area contributed by atoms with E-state index < -0.39 is 0 Å². The molecular weight excluding hydrogens is 300 g/mol. The first-order valence-electron chi connectivity index (χ1n) is 8.91. The Morgan fingerprint density at radius 3 is 2.16 bits per heavy atom. The van der Waals surface area contributed by atoms with Gasteiger partial charge in [0.05, 0.1) is 0 Å². The number of hydrogen-bond acceptors (Lipinski definition) is 0. The first-order valence-corrected chi connectivity index (χ1v) is 8.91. The van der Waals surface area contributed by atoms with E-state index in [9.17, 15) is 0 Å². The van der Waals surface area contributed by atoms with Crippen LogP contribution in [0.25, 0.3) is 28.3 Å². The molecule has 0 aliphatic heterocycles. The van der Waals surface area contributed by atoms with Gasteiger partial charge in [0.15, 0.2) is 0 Å². The van der Waals surface area contributed by atoms with Gasteiger partial charge in [0.2, 0.25) is 0 Å². The highest BCUT2D eigenvalue weighted by Gasteiger charge is 2.35. The summed E-state index contributed by atoms with van der Waals surface area (Å²) in [4.78, 5) is 0. The van der Waals surface area contributed by atoms with Gasteiger partial charge >= 0.3 is 0 Å². The van der Waals surface area contributed by atoms with Crippen LogP contribution in [0.1, 0.15) is 41.7 Å². The van der Waals surface area contributed by atoms with Crippen molar-refractivity contribution in [2.45, 2.75) is 33.1 Å². The average molecular weight is 324 g/mol. The lowest BCUT2D eigenvalue weighted by atomic mass is 9.81. The van der Waals surface area contributed by atoms with Crippen molar-refractivity contribution in [2.75, 3.05) is 0 Å². The average Bonchev–Trinajstić information content (AvgIpc) is 2.84. The minimum absolute atomic E-state index is 0.0113. The summed E-state index contributed by atoms with van der Waals surface area (Å²) in [6.07, 6.45) is 1.93. The van der Waals surface area contributed by atoms with Crippen LogP contribution in [0.4, 0.5) is 0 Å². The Morgan fingerprint density at radius 1 is 0.760 bits per heavy atom. The molecule has 0 heterocycles. The van der Waals surface area contributed by atoms with E-state index in [1.165, 1.54) is 50.1 Å². The summed E-state index contributed by atoms with van der Waals surface area (Å²) >= 11 is 0. The third-order valence-corrected chi connectivity index (χ3v) is 5.64. The Balaban J connectivity index is 1.92. The van der Waals surface area contributed by atoms with E-state index in [2.05, 4.69) is 88.9 Å². The summed E-state index contributed by atoms with van der Waals surface area (Å²) in [6, 6.07) is 20.4. The molecule has 0 bridgehead atoms. The molecule has 1 aliphatic carbocycles. The maximum Gasteiger partial charge on any atom is 0.0159 e. The van der Waals surface area contributed by atoms with Gasteiger partial charge in [-0.1, -0.05) is 80.6 Å². The summed E-state index contributed by atoms with van der Waals surface area (Å²) < 4.78 is 0. The summed E-state index contributed by atoms with van der Waals surface area (Å²) in [5, 5.41) is 0. The molecule has 0 amide bonds. The quantitative estimate of drug-likeness (QED) is 0.480. The summed E-state index contributed by atoms with van der Waals surface area (Å²) in [7, 11) is 0. The van der Waals surface area contributed by atoms with E-state index in [0.717, 1.165) is 0 Å². The minimum atomic E-state index is 0.0113. The minimum Gasteiger partial charge on any atom is -0.0985 e. The summed E-state index contributed by atoms with van der Waals surface area (Å²) in [6.45, 7) is 12.9. The van der Waals surface area contributed by atoms with Gasteiger partial charge in [-0.3, -0.25) is 0 Å². The van der Waals surface area contributed by atoms with Gasteiger partial charge in [0.25, 0.3) is 0 Å². The van der Waals surface area contributed by atoms with Gasteiger partial charge < -0.3 is 0 Å². The molecule has 0 unspecified atom stereocenters. The maximum absolute atomic E-state index is 3.93. The number of fused-ring (bicyclic) bond motifs is 3. The zero-order valence-electron chi connectivity index (χ0n) is 15.5. The molecule has 0 aromatic heterocycles. The Hall–Kier alpha value is -2.60. The van der Waals surface area contributed by atoms with E-state index in [1.807, 2.05) is 6.08 Å². The van der Waals surface area contributed by atoms with Gasteiger partial charge in [-0.15, -0.1) is 0 Å². The molecule has 3 aromatic carbocycles. The normalized spacial score (nSPS) is 14.1. The molecule has 1 aliphatic rings. The highest BCUT2D eigenvalue weighted by molar-refractivity contribution is 5.84. The van der Waals surface area contributed by atoms with Crippen molar-refractivity contribution in [2.24, 2.45) is 0 Å². The SMILES string of the molecule is C=Cc1ccc2c(c1)C(C)(C)c1cc(-c3cc(C)ccc3C)ccc1-2. The molecule has 0 heteroatoms. The highest BCUT2D eigenvalue weighted by atomic mass is 14.4. The van der Waals surface area contributed by atoms with E-state index in [-0.39, 0.29) is 5.41 Å². The first kappa shape index (κ1) is 15.9. The smallest absolute Gasteiger partial charge is 0.0159 e. The third kappa shape index (κ3) is 2.36. The Labute approximate surface area is 150 Å². The monoisotopic (exact) mass is 324 g/mol. The number of aryl methyl sites for hydroxylation is 2. The molecule has 3 aromatic rings. The number of hydrogen-bond donors (Lipinski definition) is 0. The van der Waals surface area contributed by atoms with Gasteiger partial charge in [0, 0.05) is 5.41 Å². The first-order chi connectivity index (χ1) is 11.9. The molecule has 0 fully saturated rings. The second-order valence-electron chi connectivity index (χ2n) is 7.71. The predicted molar refractivity (Wildman–Crippen MR) is 109 cm³/mol. The zero-order chi connectivity index (χ0) is 17.8. The van der Waals surface area contributed by atoms with Gasteiger partial charge in [0.1, 0.15) is 0 Å². The molecule has 25 heavy (non-hydrogen) atoms. The molecule has 0 radical (unpaired) electrons. The fraction of sp³-hybridized carbons (Fsp3) is 0.200. The second-order valence-corrected chi connectivity index (χ2v) is 7.71. The van der Waals surface area contributed by atoms with E-state index >= 15 is 0 Å². The van der Waals surface area contributed by atoms with E-state index in [0.29, 0.717) is 0 Å². The van der Waals surface area contributed by atoms with E-state index in [4.69, 9.17) is 0 Å². The van der Waals surface area contributed by atoms with Gasteiger partial charge in [-0.2, -0.15) is 0 Å². The summed E-state index contributed by atoms with van der Waals surface area (Å²) in [5.74, 6) is 0. The lowest BCUT2D eigenvalue weighted by Crippen LogP contribution is -2.15. The van der Waals surface area contributed by atoms with Gasteiger partial charge in [-0.25, -0.2) is 0 Å². The van der Waals surface area contributed by atoms with Crippen LogP contribution in [-0.4, -0.2) is 0 Å². The maximum atomic E-state index is 3.93. The number of rotatable bonds is 2.